The minimum absolute atomic E-state index is 0.000283. The number of aromatic hydroxyl groups is 1. The van der Waals surface area contributed by atoms with Gasteiger partial charge in [0.05, 0.1) is 11.5 Å². The SMILES string of the molecule is CCC(CC)N1C(=O)[C@@](C)(Cc2cc(O)no2)C[C@H](c2cccc(Cl)c2)[C@H]1c1ccc(Cl)cc1. The van der Waals surface area contributed by atoms with Crippen LogP contribution in [0, 0.1) is 5.41 Å². The Hall–Kier alpha value is -2.50. The third kappa shape index (κ3) is 4.82. The summed E-state index contributed by atoms with van der Waals surface area (Å²) in [5.74, 6) is 0.395. The number of nitrogens with zero attached hydrogens (tertiary/aromatic N) is 2. The molecule has 0 radical (unpaired) electrons. The number of likely N-dealkylation sites (tertiary alicyclic amines) is 1. The van der Waals surface area contributed by atoms with Crippen molar-refractivity contribution >= 4 is 29.1 Å². The molecular weight excluding hydrogens is 471 g/mol. The molecule has 180 valence electrons. The van der Waals surface area contributed by atoms with E-state index in [0.717, 1.165) is 24.0 Å². The number of benzene rings is 2. The zero-order valence-electron chi connectivity index (χ0n) is 19.7. The van der Waals surface area contributed by atoms with Crippen LogP contribution in [-0.2, 0) is 11.2 Å². The minimum atomic E-state index is -0.746. The van der Waals surface area contributed by atoms with Crippen molar-refractivity contribution in [3.05, 3.63) is 81.5 Å². The van der Waals surface area contributed by atoms with Gasteiger partial charge in [-0.25, -0.2) is 0 Å². The summed E-state index contributed by atoms with van der Waals surface area (Å²) < 4.78 is 5.31. The van der Waals surface area contributed by atoms with Crippen LogP contribution in [0.1, 0.15) is 68.9 Å². The summed E-state index contributed by atoms with van der Waals surface area (Å²) in [6, 6.07) is 17.1. The molecule has 0 unspecified atom stereocenters. The van der Waals surface area contributed by atoms with Gasteiger partial charge >= 0.3 is 0 Å². The van der Waals surface area contributed by atoms with E-state index >= 15 is 0 Å². The van der Waals surface area contributed by atoms with Crippen molar-refractivity contribution in [2.45, 2.75) is 64.5 Å². The molecule has 7 heteroatoms. The normalized spacial score (nSPS) is 23.0. The van der Waals surface area contributed by atoms with E-state index in [0.29, 0.717) is 28.6 Å². The van der Waals surface area contributed by atoms with Crippen molar-refractivity contribution in [1.29, 1.82) is 0 Å². The number of halogens is 2. The maximum atomic E-state index is 14.3. The van der Waals surface area contributed by atoms with Gasteiger partial charge < -0.3 is 14.5 Å². The Labute approximate surface area is 210 Å². The summed E-state index contributed by atoms with van der Waals surface area (Å²) in [6.45, 7) is 6.23. The molecule has 3 aromatic rings. The Morgan fingerprint density at radius 1 is 1.09 bits per heavy atom. The highest BCUT2D eigenvalue weighted by molar-refractivity contribution is 6.30. The van der Waals surface area contributed by atoms with Gasteiger partial charge in [-0.05, 0) is 59.8 Å². The number of hydrogen-bond acceptors (Lipinski definition) is 4. The van der Waals surface area contributed by atoms with Crippen LogP contribution in [0.4, 0.5) is 0 Å². The summed E-state index contributed by atoms with van der Waals surface area (Å²) in [4.78, 5) is 16.3. The molecule has 1 aromatic heterocycles. The molecule has 2 heterocycles. The minimum Gasteiger partial charge on any atom is -0.491 e. The topological polar surface area (TPSA) is 66.6 Å². The smallest absolute Gasteiger partial charge is 0.251 e. The quantitative estimate of drug-likeness (QED) is 0.372. The number of carbonyl (C=O) groups excluding carboxylic acids is 1. The maximum Gasteiger partial charge on any atom is 0.251 e. The van der Waals surface area contributed by atoms with Crippen LogP contribution in [0.15, 0.2) is 59.1 Å². The van der Waals surface area contributed by atoms with Gasteiger partial charge in [0.2, 0.25) is 5.91 Å². The van der Waals surface area contributed by atoms with Crippen LogP contribution >= 0.6 is 23.2 Å². The number of carbonyl (C=O) groups is 1. The summed E-state index contributed by atoms with van der Waals surface area (Å²) >= 11 is 12.6. The van der Waals surface area contributed by atoms with E-state index in [-0.39, 0.29) is 29.8 Å². The van der Waals surface area contributed by atoms with E-state index in [1.807, 2.05) is 49.4 Å². The average molecular weight is 501 g/mol. The van der Waals surface area contributed by atoms with Crippen LogP contribution in [0.5, 0.6) is 5.88 Å². The first-order valence-electron chi connectivity index (χ1n) is 11.7. The van der Waals surface area contributed by atoms with Gasteiger partial charge in [-0.3, -0.25) is 4.79 Å². The van der Waals surface area contributed by atoms with Crippen molar-refractivity contribution in [2.24, 2.45) is 5.41 Å². The standard InChI is InChI=1S/C27H30Cl2N2O3/c1-4-21(5-2)31-25(17-9-11-19(28)12-10-17)23(18-7-6-8-20(29)13-18)16-27(3,26(31)33)15-22-14-24(32)30-34-22/h6-14,21,23,25H,4-5,15-16H2,1-3H3,(H,30,32)/t23-,25-,27+/m1/s1. The Kier molecular flexibility index (Phi) is 7.25. The first-order valence-corrected chi connectivity index (χ1v) is 12.5. The predicted octanol–water partition coefficient (Wildman–Crippen LogP) is 7.18. The fraction of sp³-hybridized carbons (Fsp3) is 0.407. The van der Waals surface area contributed by atoms with Gasteiger partial charge in [0.15, 0.2) is 0 Å². The van der Waals surface area contributed by atoms with E-state index in [1.54, 1.807) is 0 Å². The van der Waals surface area contributed by atoms with E-state index in [1.165, 1.54) is 6.07 Å². The molecule has 1 aliphatic heterocycles. The number of rotatable bonds is 7. The highest BCUT2D eigenvalue weighted by atomic mass is 35.5. The molecule has 0 saturated carbocycles. The maximum absolute atomic E-state index is 14.3. The van der Waals surface area contributed by atoms with Crippen LogP contribution in [0.3, 0.4) is 0 Å². The molecule has 1 aliphatic rings. The fourth-order valence-corrected chi connectivity index (χ4v) is 5.72. The van der Waals surface area contributed by atoms with Crippen LogP contribution < -0.4 is 0 Å². The highest BCUT2D eigenvalue weighted by Crippen LogP contribution is 2.52. The van der Waals surface area contributed by atoms with Crippen molar-refractivity contribution < 1.29 is 14.4 Å². The molecule has 1 saturated heterocycles. The first-order chi connectivity index (χ1) is 16.3. The fourth-order valence-electron chi connectivity index (χ4n) is 5.40. The van der Waals surface area contributed by atoms with Gasteiger partial charge in [-0.2, -0.15) is 0 Å². The molecule has 1 fully saturated rings. The van der Waals surface area contributed by atoms with Crippen molar-refractivity contribution in [1.82, 2.24) is 10.1 Å². The van der Waals surface area contributed by atoms with Gasteiger partial charge in [0.25, 0.3) is 5.88 Å². The molecule has 2 aromatic carbocycles. The zero-order valence-corrected chi connectivity index (χ0v) is 21.2. The Morgan fingerprint density at radius 2 is 1.79 bits per heavy atom. The predicted molar refractivity (Wildman–Crippen MR) is 134 cm³/mol. The van der Waals surface area contributed by atoms with Gasteiger partial charge in [-0.15, -0.1) is 0 Å². The molecule has 0 bridgehead atoms. The average Bonchev–Trinajstić information content (AvgIpc) is 3.22. The molecule has 4 rings (SSSR count). The summed E-state index contributed by atoms with van der Waals surface area (Å²) in [7, 11) is 0. The van der Waals surface area contributed by atoms with Crippen molar-refractivity contribution in [2.75, 3.05) is 0 Å². The highest BCUT2D eigenvalue weighted by Gasteiger charge is 2.51. The Bertz CT molecular complexity index is 1140. The third-order valence-electron chi connectivity index (χ3n) is 7.04. The lowest BCUT2D eigenvalue weighted by Gasteiger charge is -2.52. The van der Waals surface area contributed by atoms with Crippen molar-refractivity contribution in [3.8, 4) is 5.88 Å². The molecular formula is C27H30Cl2N2O3. The zero-order chi connectivity index (χ0) is 24.5. The van der Waals surface area contributed by atoms with Crippen LogP contribution in [0.2, 0.25) is 10.0 Å². The largest absolute Gasteiger partial charge is 0.491 e. The number of aromatic nitrogens is 1. The molecule has 1 amide bonds. The second-order valence-corrected chi connectivity index (χ2v) is 10.3. The van der Waals surface area contributed by atoms with E-state index in [2.05, 4.69) is 30.0 Å². The second kappa shape index (κ2) is 10.0. The van der Waals surface area contributed by atoms with Gasteiger partial charge in [0.1, 0.15) is 5.76 Å². The van der Waals surface area contributed by atoms with Crippen molar-refractivity contribution in [3.63, 3.8) is 0 Å². The molecule has 0 aliphatic carbocycles. The molecule has 34 heavy (non-hydrogen) atoms. The van der Waals surface area contributed by atoms with E-state index < -0.39 is 5.41 Å². The summed E-state index contributed by atoms with van der Waals surface area (Å²) in [6.07, 6.45) is 2.62. The number of amides is 1. The van der Waals surface area contributed by atoms with E-state index in [4.69, 9.17) is 27.7 Å². The van der Waals surface area contributed by atoms with Gasteiger partial charge in [-0.1, -0.05) is 68.2 Å². The molecule has 0 spiro atoms. The molecule has 1 N–H and O–H groups in total. The van der Waals surface area contributed by atoms with Crippen LogP contribution in [0.25, 0.3) is 0 Å². The monoisotopic (exact) mass is 500 g/mol. The third-order valence-corrected chi connectivity index (χ3v) is 7.52. The number of hydrogen-bond donors (Lipinski definition) is 1. The lowest BCUT2D eigenvalue weighted by molar-refractivity contribution is -0.155. The molecule has 5 nitrogen and oxygen atoms in total. The lowest BCUT2D eigenvalue weighted by atomic mass is 9.66. The van der Waals surface area contributed by atoms with Gasteiger partial charge in [0, 0.05) is 34.5 Å². The summed E-state index contributed by atoms with van der Waals surface area (Å²) in [5.41, 5.74) is 1.39. The number of piperidine rings is 1. The Balaban J connectivity index is 1.87. The summed E-state index contributed by atoms with van der Waals surface area (Å²) in [5, 5.41) is 14.6. The van der Waals surface area contributed by atoms with Crippen LogP contribution in [-0.4, -0.2) is 27.1 Å². The first kappa shape index (κ1) is 24.6. The molecule has 3 atom stereocenters. The van der Waals surface area contributed by atoms with E-state index in [9.17, 15) is 9.90 Å². The lowest BCUT2D eigenvalue weighted by Crippen LogP contribution is -2.56. The second-order valence-electron chi connectivity index (χ2n) is 9.43. The Morgan fingerprint density at radius 3 is 2.38 bits per heavy atom.